The van der Waals surface area contributed by atoms with Gasteiger partial charge in [0.15, 0.2) is 11.6 Å². The van der Waals surface area contributed by atoms with Gasteiger partial charge in [0, 0.05) is 12.6 Å². The molecule has 0 aliphatic carbocycles. The largest absolute Gasteiger partial charge is 0.485 e. The number of aromatic nitrogens is 1. The summed E-state index contributed by atoms with van der Waals surface area (Å²) in [5, 5.41) is 0. The summed E-state index contributed by atoms with van der Waals surface area (Å²) < 4.78 is 29.5. The number of para-hydroxylation sites is 1. The number of methoxy groups -OCH3 is 2. The number of carbonyl (C=O) groups excluding carboxylic acids is 2. The van der Waals surface area contributed by atoms with E-state index in [2.05, 4.69) is 4.98 Å². The minimum atomic E-state index is -0.843. The van der Waals surface area contributed by atoms with Crippen molar-refractivity contribution in [2.24, 2.45) is 0 Å². The Labute approximate surface area is 155 Å². The molecule has 1 fully saturated rings. The van der Waals surface area contributed by atoms with Crippen LogP contribution in [-0.2, 0) is 9.53 Å². The summed E-state index contributed by atoms with van der Waals surface area (Å²) in [6.07, 6.45) is 1.13. The van der Waals surface area contributed by atoms with E-state index in [1.165, 1.54) is 37.4 Å². The number of rotatable bonds is 5. The highest BCUT2D eigenvalue weighted by atomic mass is 19.1. The molecule has 0 bridgehead atoms. The van der Waals surface area contributed by atoms with Gasteiger partial charge < -0.3 is 19.1 Å². The van der Waals surface area contributed by atoms with Crippen molar-refractivity contribution in [3.8, 4) is 11.6 Å². The van der Waals surface area contributed by atoms with Crippen LogP contribution in [0.1, 0.15) is 16.8 Å². The van der Waals surface area contributed by atoms with Crippen LogP contribution in [0, 0.1) is 5.82 Å². The van der Waals surface area contributed by atoms with Crippen LogP contribution in [0.5, 0.6) is 11.6 Å². The Kier molecular flexibility index (Phi) is 5.54. The van der Waals surface area contributed by atoms with Crippen molar-refractivity contribution < 1.29 is 28.2 Å². The van der Waals surface area contributed by atoms with Gasteiger partial charge in [0.05, 0.1) is 20.8 Å². The molecule has 142 valence electrons. The van der Waals surface area contributed by atoms with E-state index in [-0.39, 0.29) is 30.2 Å². The molecule has 1 aliphatic heterocycles. The van der Waals surface area contributed by atoms with E-state index in [1.807, 2.05) is 0 Å². The Morgan fingerprint density at radius 1 is 1.19 bits per heavy atom. The zero-order chi connectivity index (χ0) is 19.4. The maximum Gasteiger partial charge on any atom is 0.328 e. The van der Waals surface area contributed by atoms with Crippen LogP contribution in [0.15, 0.2) is 42.6 Å². The third kappa shape index (κ3) is 3.84. The molecule has 2 unspecified atom stereocenters. The van der Waals surface area contributed by atoms with Gasteiger partial charge in [-0.3, -0.25) is 4.79 Å². The van der Waals surface area contributed by atoms with Gasteiger partial charge in [-0.2, -0.15) is 0 Å². The third-order valence-electron chi connectivity index (χ3n) is 4.32. The van der Waals surface area contributed by atoms with E-state index in [0.717, 1.165) is 0 Å². The van der Waals surface area contributed by atoms with Crippen molar-refractivity contribution in [3.05, 3.63) is 54.0 Å². The summed E-state index contributed by atoms with van der Waals surface area (Å²) in [6.45, 7) is 0.102. The fraction of sp³-hybridized carbons (Fsp3) is 0.316. The fourth-order valence-electron chi connectivity index (χ4n) is 3.06. The van der Waals surface area contributed by atoms with Gasteiger partial charge in [0.2, 0.25) is 5.88 Å². The van der Waals surface area contributed by atoms with E-state index < -0.39 is 29.8 Å². The Morgan fingerprint density at radius 3 is 2.67 bits per heavy atom. The Bertz CT molecular complexity index is 844. The first kappa shape index (κ1) is 18.6. The van der Waals surface area contributed by atoms with Gasteiger partial charge in [-0.15, -0.1) is 0 Å². The van der Waals surface area contributed by atoms with Crippen LogP contribution in [-0.4, -0.2) is 54.7 Å². The van der Waals surface area contributed by atoms with E-state index >= 15 is 0 Å². The van der Waals surface area contributed by atoms with Crippen molar-refractivity contribution in [3.63, 3.8) is 0 Å². The predicted octanol–water partition coefficient (Wildman–Crippen LogP) is 2.06. The number of halogens is 1. The van der Waals surface area contributed by atoms with Crippen LogP contribution in [0.2, 0.25) is 0 Å². The second-order valence-corrected chi connectivity index (χ2v) is 5.96. The first-order valence-electron chi connectivity index (χ1n) is 8.34. The lowest BCUT2D eigenvalue weighted by molar-refractivity contribution is -0.145. The average Bonchev–Trinajstić information content (AvgIpc) is 3.12. The Hall–Kier alpha value is -3.16. The summed E-state index contributed by atoms with van der Waals surface area (Å²) in [5.74, 6) is -1.28. The molecule has 0 radical (unpaired) electrons. The number of hydrogen-bond donors (Lipinski definition) is 0. The lowest BCUT2D eigenvalue weighted by Crippen LogP contribution is -2.41. The third-order valence-corrected chi connectivity index (χ3v) is 4.32. The van der Waals surface area contributed by atoms with Gasteiger partial charge in [0.1, 0.15) is 17.7 Å². The Morgan fingerprint density at radius 2 is 1.96 bits per heavy atom. The number of pyridine rings is 1. The molecule has 7 nitrogen and oxygen atoms in total. The molecule has 3 rings (SSSR count). The highest BCUT2D eigenvalue weighted by Gasteiger charge is 2.42. The smallest absolute Gasteiger partial charge is 0.328 e. The van der Waals surface area contributed by atoms with Crippen molar-refractivity contribution in [1.82, 2.24) is 9.88 Å². The van der Waals surface area contributed by atoms with Crippen LogP contribution in [0.4, 0.5) is 4.39 Å². The molecule has 0 N–H and O–H groups in total. The molecule has 2 heterocycles. The average molecular weight is 374 g/mol. The first-order valence-corrected chi connectivity index (χ1v) is 8.34. The molecule has 0 saturated carbocycles. The highest BCUT2D eigenvalue weighted by molar-refractivity contribution is 5.99. The quantitative estimate of drug-likeness (QED) is 0.746. The van der Waals surface area contributed by atoms with Crippen molar-refractivity contribution in [2.45, 2.75) is 18.6 Å². The fourth-order valence-corrected chi connectivity index (χ4v) is 3.06. The second-order valence-electron chi connectivity index (χ2n) is 5.96. The van der Waals surface area contributed by atoms with Gasteiger partial charge >= 0.3 is 5.97 Å². The summed E-state index contributed by atoms with van der Waals surface area (Å²) in [6, 6.07) is 8.31. The summed E-state index contributed by atoms with van der Waals surface area (Å²) >= 11 is 0. The molecule has 27 heavy (non-hydrogen) atoms. The zero-order valence-corrected chi connectivity index (χ0v) is 14.9. The summed E-state index contributed by atoms with van der Waals surface area (Å²) in [5.41, 5.74) is 0.223. The SMILES string of the molecule is COC(=O)C1CC(Oc2ccccc2F)CN1C(=O)c1cccnc1OC. The number of esters is 1. The van der Waals surface area contributed by atoms with E-state index in [4.69, 9.17) is 14.2 Å². The number of nitrogens with zero attached hydrogens (tertiary/aromatic N) is 2. The number of ether oxygens (including phenoxy) is 3. The number of benzene rings is 1. The minimum Gasteiger partial charge on any atom is -0.485 e. The normalized spacial score (nSPS) is 18.9. The van der Waals surface area contributed by atoms with E-state index in [1.54, 1.807) is 24.3 Å². The number of hydrogen-bond acceptors (Lipinski definition) is 6. The molecule has 8 heteroatoms. The molecule has 2 aromatic rings. The molecular weight excluding hydrogens is 355 g/mol. The molecule has 1 aromatic heterocycles. The molecular formula is C19H19FN2O5. The van der Waals surface area contributed by atoms with Crippen LogP contribution < -0.4 is 9.47 Å². The van der Waals surface area contributed by atoms with Crippen molar-refractivity contribution in [2.75, 3.05) is 20.8 Å². The van der Waals surface area contributed by atoms with Crippen LogP contribution in [0.25, 0.3) is 0 Å². The highest BCUT2D eigenvalue weighted by Crippen LogP contribution is 2.28. The number of likely N-dealkylation sites (tertiary alicyclic amines) is 1. The van der Waals surface area contributed by atoms with Crippen LogP contribution in [0.3, 0.4) is 0 Å². The molecule has 0 spiro atoms. The van der Waals surface area contributed by atoms with Crippen molar-refractivity contribution >= 4 is 11.9 Å². The summed E-state index contributed by atoms with van der Waals surface area (Å²) in [7, 11) is 2.66. The monoisotopic (exact) mass is 374 g/mol. The summed E-state index contributed by atoms with van der Waals surface area (Å²) in [4.78, 5) is 30.5. The van der Waals surface area contributed by atoms with E-state index in [9.17, 15) is 14.0 Å². The van der Waals surface area contributed by atoms with Gasteiger partial charge in [-0.05, 0) is 24.3 Å². The Balaban J connectivity index is 1.85. The minimum absolute atomic E-state index is 0.0689. The number of carbonyl (C=O) groups is 2. The molecule has 1 saturated heterocycles. The lowest BCUT2D eigenvalue weighted by Gasteiger charge is -2.22. The molecule has 1 amide bonds. The van der Waals surface area contributed by atoms with Gasteiger partial charge in [-0.1, -0.05) is 12.1 Å². The standard InChI is InChI=1S/C19H19FN2O5/c1-25-17-13(6-5-9-21-17)18(23)22-11-12(10-15(22)19(24)26-2)27-16-8-4-3-7-14(16)20/h3-9,12,15H,10-11H2,1-2H3. The maximum absolute atomic E-state index is 13.9. The first-order chi connectivity index (χ1) is 13.0. The van der Waals surface area contributed by atoms with Crippen LogP contribution >= 0.6 is 0 Å². The topological polar surface area (TPSA) is 78.0 Å². The second kappa shape index (κ2) is 8.03. The molecule has 2 atom stereocenters. The van der Waals surface area contributed by atoms with Gasteiger partial charge in [0.25, 0.3) is 5.91 Å². The zero-order valence-electron chi connectivity index (χ0n) is 14.9. The molecule has 1 aromatic carbocycles. The predicted molar refractivity (Wildman–Crippen MR) is 93.1 cm³/mol. The molecule has 1 aliphatic rings. The maximum atomic E-state index is 13.9. The number of amides is 1. The van der Waals surface area contributed by atoms with Gasteiger partial charge in [-0.25, -0.2) is 14.2 Å². The van der Waals surface area contributed by atoms with Crippen molar-refractivity contribution in [1.29, 1.82) is 0 Å². The van der Waals surface area contributed by atoms with E-state index in [0.29, 0.717) is 0 Å². The lowest BCUT2D eigenvalue weighted by atomic mass is 10.2.